The third-order valence-electron chi connectivity index (χ3n) is 3.75. The molecule has 0 atom stereocenters. The van der Waals surface area contributed by atoms with Crippen LogP contribution in [-0.2, 0) is 14.4 Å². The molecule has 0 rings (SSSR count). The van der Waals surface area contributed by atoms with Crippen LogP contribution in [0.4, 0.5) is 0 Å². The molecule has 2 N–H and O–H groups in total. The van der Waals surface area contributed by atoms with Gasteiger partial charge in [-0.1, -0.05) is 13.8 Å². The van der Waals surface area contributed by atoms with Gasteiger partial charge in [0.2, 0.25) is 5.78 Å². The zero-order chi connectivity index (χ0) is 19.9. The van der Waals surface area contributed by atoms with Crippen molar-refractivity contribution >= 4 is 17.7 Å². The molecule has 0 amide bonds. The van der Waals surface area contributed by atoms with Crippen LogP contribution in [0.15, 0.2) is 0 Å². The van der Waals surface area contributed by atoms with Gasteiger partial charge in [-0.15, -0.1) is 0 Å². The molecular weight excluding hydrogens is 340 g/mol. The normalized spacial score (nSPS) is 11.1. The first-order chi connectivity index (χ1) is 12.3. The van der Waals surface area contributed by atoms with Crippen molar-refractivity contribution < 1.29 is 24.6 Å². The highest BCUT2D eigenvalue weighted by atomic mass is 16.4. The molecule has 0 aromatic rings. The molecule has 26 heavy (non-hydrogen) atoms. The molecule has 9 nitrogen and oxygen atoms in total. The lowest BCUT2D eigenvalue weighted by molar-refractivity contribution is -0.140. The summed E-state index contributed by atoms with van der Waals surface area (Å²) in [7, 11) is 0. The largest absolute Gasteiger partial charge is 0.480 e. The smallest absolute Gasteiger partial charge is 0.317 e. The van der Waals surface area contributed by atoms with Crippen LogP contribution in [0.3, 0.4) is 0 Å². The number of carboxylic acid groups (broad SMARTS) is 2. The van der Waals surface area contributed by atoms with Crippen LogP contribution in [0, 0.1) is 11.3 Å². The highest BCUT2D eigenvalue weighted by Gasteiger charge is 2.16. The molecule has 0 aliphatic rings. The Balaban J connectivity index is 4.70. The number of nitriles is 1. The molecule has 0 fully saturated rings. The van der Waals surface area contributed by atoms with Gasteiger partial charge in [-0.05, 0) is 25.9 Å². The van der Waals surface area contributed by atoms with Gasteiger partial charge in [0.1, 0.15) is 6.07 Å². The third-order valence-corrected chi connectivity index (χ3v) is 3.75. The van der Waals surface area contributed by atoms with Crippen LogP contribution in [-0.4, -0.2) is 102 Å². The van der Waals surface area contributed by atoms with Crippen molar-refractivity contribution in [2.75, 3.05) is 58.9 Å². The summed E-state index contributed by atoms with van der Waals surface area (Å²) >= 11 is 0. The van der Waals surface area contributed by atoms with E-state index in [1.54, 1.807) is 15.9 Å². The molecule has 148 valence electrons. The van der Waals surface area contributed by atoms with E-state index in [1.807, 2.05) is 18.7 Å². The number of Topliss-reactive ketones (excluding diaryl/α,β-unsaturated/α-hetero) is 1. The minimum atomic E-state index is -0.958. The number of aliphatic carboxylic acids is 2. The lowest BCUT2D eigenvalue weighted by atomic mass is 10.3. The number of carboxylic acids is 2. The predicted octanol–water partition coefficient (Wildman–Crippen LogP) is -0.0257. The molecule has 0 aromatic carbocycles. The number of carbonyl (C=O) groups excluding carboxylic acids is 1. The van der Waals surface area contributed by atoms with Gasteiger partial charge >= 0.3 is 11.9 Å². The standard InChI is InChI=1S/C17H30N4O5/c1-3-5-19(12-15(22)11-18)7-9-21(14-17(25)26)10-8-20(6-4-2)13-16(23)24/h3-10,12-14H2,1-2H3,(H,23,24)(H,25,26). The van der Waals surface area contributed by atoms with Crippen molar-refractivity contribution in [2.45, 2.75) is 26.7 Å². The second-order valence-corrected chi connectivity index (χ2v) is 6.15. The van der Waals surface area contributed by atoms with E-state index in [0.717, 1.165) is 12.8 Å². The number of ketones is 1. The lowest BCUT2D eigenvalue weighted by Crippen LogP contribution is -2.44. The fraction of sp³-hybridized carbons (Fsp3) is 0.765. The maximum Gasteiger partial charge on any atom is 0.317 e. The molecule has 0 heterocycles. The van der Waals surface area contributed by atoms with Gasteiger partial charge in [0.05, 0.1) is 19.6 Å². The van der Waals surface area contributed by atoms with Gasteiger partial charge < -0.3 is 10.2 Å². The number of nitrogens with zero attached hydrogens (tertiary/aromatic N) is 4. The van der Waals surface area contributed by atoms with E-state index in [0.29, 0.717) is 39.3 Å². The summed E-state index contributed by atoms with van der Waals surface area (Å²) in [5.74, 6) is -2.38. The molecule has 0 aromatic heterocycles. The van der Waals surface area contributed by atoms with E-state index in [-0.39, 0.29) is 19.6 Å². The van der Waals surface area contributed by atoms with Crippen molar-refractivity contribution in [3.63, 3.8) is 0 Å². The molecule has 9 heteroatoms. The quantitative estimate of drug-likeness (QED) is 0.360. The Bertz CT molecular complexity index is 492. The second kappa shape index (κ2) is 14.2. The zero-order valence-corrected chi connectivity index (χ0v) is 15.7. The topological polar surface area (TPSA) is 125 Å². The number of rotatable bonds is 16. The maximum absolute atomic E-state index is 11.3. The zero-order valence-electron chi connectivity index (χ0n) is 15.7. The third kappa shape index (κ3) is 12.4. The first-order valence-corrected chi connectivity index (χ1v) is 8.85. The number of carbonyl (C=O) groups is 3. The van der Waals surface area contributed by atoms with Crippen LogP contribution in [0.1, 0.15) is 26.7 Å². The Morgan fingerprint density at radius 2 is 1.08 bits per heavy atom. The highest BCUT2D eigenvalue weighted by Crippen LogP contribution is 1.98. The highest BCUT2D eigenvalue weighted by molar-refractivity contribution is 5.94. The van der Waals surface area contributed by atoms with E-state index in [2.05, 4.69) is 0 Å². The van der Waals surface area contributed by atoms with Crippen LogP contribution in [0.25, 0.3) is 0 Å². The Morgan fingerprint density at radius 1 is 0.731 bits per heavy atom. The fourth-order valence-electron chi connectivity index (χ4n) is 2.63. The summed E-state index contributed by atoms with van der Waals surface area (Å²) in [5, 5.41) is 26.7. The first-order valence-electron chi connectivity index (χ1n) is 8.85. The summed E-state index contributed by atoms with van der Waals surface area (Å²) in [4.78, 5) is 38.7. The minimum absolute atomic E-state index is 0.0340. The minimum Gasteiger partial charge on any atom is -0.480 e. The maximum atomic E-state index is 11.3. The SMILES string of the molecule is CCCN(CCN(CCN(CCC)CC(=O)C#N)CC(=O)O)CC(=O)O. The van der Waals surface area contributed by atoms with Crippen LogP contribution >= 0.6 is 0 Å². The Labute approximate surface area is 154 Å². The van der Waals surface area contributed by atoms with Gasteiger partial charge in [-0.2, -0.15) is 5.26 Å². The van der Waals surface area contributed by atoms with E-state index in [4.69, 9.17) is 15.5 Å². The van der Waals surface area contributed by atoms with Crippen molar-refractivity contribution in [3.8, 4) is 6.07 Å². The second-order valence-electron chi connectivity index (χ2n) is 6.15. The van der Waals surface area contributed by atoms with Gasteiger partial charge in [-0.25, -0.2) is 0 Å². The van der Waals surface area contributed by atoms with E-state index in [1.165, 1.54) is 0 Å². The van der Waals surface area contributed by atoms with Crippen LogP contribution < -0.4 is 0 Å². The first kappa shape index (κ1) is 24.0. The summed E-state index contributed by atoms with van der Waals surface area (Å²) in [6.07, 6.45) is 1.63. The number of hydrogen-bond donors (Lipinski definition) is 2. The summed E-state index contributed by atoms with van der Waals surface area (Å²) in [6.45, 7) is 6.79. The average Bonchev–Trinajstić information content (AvgIpc) is 2.56. The fourth-order valence-corrected chi connectivity index (χ4v) is 2.63. The molecule has 0 radical (unpaired) electrons. The molecule has 0 saturated heterocycles. The van der Waals surface area contributed by atoms with Crippen molar-refractivity contribution in [1.29, 1.82) is 5.26 Å². The number of hydrogen-bond acceptors (Lipinski definition) is 7. The Hall–Kier alpha value is -2.02. The van der Waals surface area contributed by atoms with E-state index < -0.39 is 17.7 Å². The molecule has 0 aliphatic carbocycles. The van der Waals surface area contributed by atoms with Gasteiger partial charge in [0.25, 0.3) is 0 Å². The van der Waals surface area contributed by atoms with E-state index in [9.17, 15) is 14.4 Å². The van der Waals surface area contributed by atoms with Crippen LogP contribution in [0.2, 0.25) is 0 Å². The Kier molecular flexibility index (Phi) is 13.1. The van der Waals surface area contributed by atoms with Gasteiger partial charge in [0, 0.05) is 26.2 Å². The molecule has 0 spiro atoms. The summed E-state index contributed by atoms with van der Waals surface area (Å²) in [5.41, 5.74) is 0. The summed E-state index contributed by atoms with van der Waals surface area (Å²) in [6, 6.07) is 1.60. The van der Waals surface area contributed by atoms with Gasteiger partial charge in [-0.3, -0.25) is 29.1 Å². The van der Waals surface area contributed by atoms with Crippen molar-refractivity contribution in [3.05, 3.63) is 0 Å². The molecule has 0 aliphatic heterocycles. The molecule has 0 unspecified atom stereocenters. The summed E-state index contributed by atoms with van der Waals surface area (Å²) < 4.78 is 0. The predicted molar refractivity (Wildman–Crippen MR) is 95.8 cm³/mol. The van der Waals surface area contributed by atoms with Crippen molar-refractivity contribution in [1.82, 2.24) is 14.7 Å². The molecule has 0 bridgehead atoms. The average molecular weight is 370 g/mol. The van der Waals surface area contributed by atoms with Gasteiger partial charge in [0.15, 0.2) is 0 Å². The molecular formula is C17H30N4O5. The van der Waals surface area contributed by atoms with Crippen molar-refractivity contribution in [2.24, 2.45) is 0 Å². The Morgan fingerprint density at radius 3 is 1.38 bits per heavy atom. The molecule has 0 saturated carbocycles. The lowest BCUT2D eigenvalue weighted by Gasteiger charge is -2.28. The van der Waals surface area contributed by atoms with Crippen LogP contribution in [0.5, 0.6) is 0 Å². The monoisotopic (exact) mass is 370 g/mol. The van der Waals surface area contributed by atoms with E-state index >= 15 is 0 Å².